The van der Waals surface area contributed by atoms with Crippen molar-refractivity contribution in [2.24, 2.45) is 5.92 Å². The van der Waals surface area contributed by atoms with Crippen LogP contribution >= 0.6 is 11.8 Å². The molecule has 0 radical (unpaired) electrons. The maximum atomic E-state index is 13.2. The molecule has 3 aromatic rings. The number of methoxy groups -OCH3 is 1. The highest BCUT2D eigenvalue weighted by molar-refractivity contribution is 7.98. The van der Waals surface area contributed by atoms with Crippen molar-refractivity contribution in [1.82, 2.24) is 9.61 Å². The van der Waals surface area contributed by atoms with E-state index in [-0.39, 0.29) is 6.54 Å². The first kappa shape index (κ1) is 22.0. The Morgan fingerprint density at radius 3 is 2.71 bits per heavy atom. The van der Waals surface area contributed by atoms with Gasteiger partial charge in [0.25, 0.3) is 0 Å². The molecule has 5 nitrogen and oxygen atoms in total. The molecule has 1 aromatic carbocycles. The van der Waals surface area contributed by atoms with Gasteiger partial charge < -0.3 is 14.7 Å². The molecule has 166 valence electrons. The van der Waals surface area contributed by atoms with Gasteiger partial charge in [-0.1, -0.05) is 18.2 Å². The van der Waals surface area contributed by atoms with E-state index in [9.17, 15) is 9.50 Å². The van der Waals surface area contributed by atoms with Crippen LogP contribution in [-0.2, 0) is 0 Å². The number of nitrogens with zero attached hydrogens (tertiary/aromatic N) is 3. The van der Waals surface area contributed by atoms with Crippen LogP contribution < -0.4 is 9.64 Å². The van der Waals surface area contributed by atoms with Gasteiger partial charge in [-0.05, 0) is 56.6 Å². The van der Waals surface area contributed by atoms with Crippen LogP contribution in [0.1, 0.15) is 24.0 Å². The Hall–Kier alpha value is -2.25. The third-order valence-corrected chi connectivity index (χ3v) is 6.64. The minimum atomic E-state index is -1.00. The molecule has 31 heavy (non-hydrogen) atoms. The zero-order valence-corrected chi connectivity index (χ0v) is 19.4. The Morgan fingerprint density at radius 1 is 1.29 bits per heavy atom. The normalized spacial score (nSPS) is 14.8. The summed E-state index contributed by atoms with van der Waals surface area (Å²) in [5.74, 6) is 1.48. The summed E-state index contributed by atoms with van der Waals surface area (Å²) in [7, 11) is 1.70. The Labute approximate surface area is 187 Å². The molecule has 0 aliphatic heterocycles. The van der Waals surface area contributed by atoms with Crippen molar-refractivity contribution >= 4 is 23.0 Å². The number of alkyl halides is 1. The number of fused-ring (bicyclic) bond motifs is 1. The quantitative estimate of drug-likeness (QED) is 0.477. The minimum Gasteiger partial charge on any atom is -0.496 e. The van der Waals surface area contributed by atoms with Gasteiger partial charge in [0.2, 0.25) is 0 Å². The van der Waals surface area contributed by atoms with Crippen LogP contribution in [0, 0.1) is 19.8 Å². The third-order valence-electron chi connectivity index (χ3n) is 5.98. The van der Waals surface area contributed by atoms with E-state index in [1.165, 1.54) is 12.8 Å². The Bertz CT molecular complexity index is 1080. The molecular weight excluding hydrogens is 413 g/mol. The predicted molar refractivity (Wildman–Crippen MR) is 125 cm³/mol. The number of aliphatic hydroxyl groups is 1. The molecule has 7 heteroatoms. The highest BCUT2D eigenvalue weighted by Gasteiger charge is 2.29. The number of ether oxygens (including phenoxy) is 1. The molecular formula is C24H30FN3O2S. The van der Waals surface area contributed by atoms with E-state index in [2.05, 4.69) is 30.0 Å². The monoisotopic (exact) mass is 443 g/mol. The molecule has 1 aliphatic carbocycles. The van der Waals surface area contributed by atoms with Crippen LogP contribution in [-0.4, -0.2) is 54.0 Å². The first-order valence-electron chi connectivity index (χ1n) is 10.7. The van der Waals surface area contributed by atoms with E-state index in [0.29, 0.717) is 5.92 Å². The van der Waals surface area contributed by atoms with Crippen molar-refractivity contribution in [2.75, 3.05) is 38.0 Å². The summed E-state index contributed by atoms with van der Waals surface area (Å²) in [4.78, 5) is 2.13. The molecule has 4 rings (SSSR count). The van der Waals surface area contributed by atoms with Gasteiger partial charge in [0.05, 0.1) is 30.1 Å². The van der Waals surface area contributed by atoms with Gasteiger partial charge in [-0.2, -0.15) is 5.10 Å². The van der Waals surface area contributed by atoms with Gasteiger partial charge in [-0.15, -0.1) is 11.8 Å². The van der Waals surface area contributed by atoms with Crippen molar-refractivity contribution in [3.05, 3.63) is 41.5 Å². The predicted octanol–water partition coefficient (Wildman–Crippen LogP) is 4.90. The third kappa shape index (κ3) is 4.26. The molecule has 0 spiro atoms. The smallest absolute Gasteiger partial charge is 0.142 e. The first-order chi connectivity index (χ1) is 15.0. The number of aryl methyl sites for hydroxylation is 1. The highest BCUT2D eigenvalue weighted by Crippen LogP contribution is 2.40. The Kier molecular flexibility index (Phi) is 6.44. The number of halogens is 1. The second-order valence-corrected chi connectivity index (χ2v) is 9.11. The average Bonchev–Trinajstić information content (AvgIpc) is 3.50. The second kappa shape index (κ2) is 9.09. The fraction of sp³-hybridized carbons (Fsp3) is 0.458. The summed E-state index contributed by atoms with van der Waals surface area (Å²) >= 11 is 1.58. The highest BCUT2D eigenvalue weighted by atomic mass is 32.2. The van der Waals surface area contributed by atoms with E-state index in [1.807, 2.05) is 29.8 Å². The number of anilines is 1. The molecule has 1 atom stereocenters. The lowest BCUT2D eigenvalue weighted by atomic mass is 10.0. The molecule has 1 fully saturated rings. The Morgan fingerprint density at radius 2 is 2.06 bits per heavy atom. The first-order valence-corrected chi connectivity index (χ1v) is 11.9. The van der Waals surface area contributed by atoms with Crippen LogP contribution in [0.5, 0.6) is 5.75 Å². The fourth-order valence-electron chi connectivity index (χ4n) is 4.27. The lowest BCUT2D eigenvalue weighted by molar-refractivity contribution is 0.144. The van der Waals surface area contributed by atoms with Crippen LogP contribution in [0.25, 0.3) is 16.8 Å². The van der Waals surface area contributed by atoms with Crippen molar-refractivity contribution in [3.63, 3.8) is 0 Å². The Balaban J connectivity index is 1.87. The molecule has 1 unspecified atom stereocenters. The zero-order valence-electron chi connectivity index (χ0n) is 18.6. The van der Waals surface area contributed by atoms with Crippen LogP contribution in [0.4, 0.5) is 10.1 Å². The standard InChI is InChI=1S/C24H30FN3O2S/c1-15-8-11-19(16(2)23(15)30-3)20-6-5-7-21-22(24(31-4)26-28(20)21)27(13-17-9-10-17)14-18(29)12-25/h5-8,11,17-18,29H,9-10,12-14H2,1-4H3. The second-order valence-electron chi connectivity index (χ2n) is 8.31. The van der Waals surface area contributed by atoms with Gasteiger partial charge in [0.15, 0.2) is 0 Å². The molecule has 1 N–H and O–H groups in total. The van der Waals surface area contributed by atoms with E-state index < -0.39 is 12.8 Å². The van der Waals surface area contributed by atoms with Gasteiger partial charge in [-0.25, -0.2) is 8.91 Å². The molecule has 0 amide bonds. The largest absolute Gasteiger partial charge is 0.496 e. The van der Waals surface area contributed by atoms with Gasteiger partial charge in [0.1, 0.15) is 17.5 Å². The average molecular weight is 444 g/mol. The number of hydrogen-bond acceptors (Lipinski definition) is 5. The summed E-state index contributed by atoms with van der Waals surface area (Å²) < 4.78 is 20.8. The fourth-order valence-corrected chi connectivity index (χ4v) is 4.86. The summed E-state index contributed by atoms with van der Waals surface area (Å²) in [5.41, 5.74) is 6.15. The molecule has 0 bridgehead atoms. The van der Waals surface area contributed by atoms with Crippen LogP contribution in [0.3, 0.4) is 0 Å². The summed E-state index contributed by atoms with van der Waals surface area (Å²) in [6.45, 7) is 4.44. The maximum Gasteiger partial charge on any atom is 0.142 e. The van der Waals surface area contributed by atoms with E-state index in [4.69, 9.17) is 9.84 Å². The zero-order chi connectivity index (χ0) is 22.1. The number of hydrogen-bond donors (Lipinski definition) is 1. The lowest BCUT2D eigenvalue weighted by Gasteiger charge is -2.26. The summed E-state index contributed by atoms with van der Waals surface area (Å²) in [6.07, 6.45) is 3.37. The van der Waals surface area contributed by atoms with Gasteiger partial charge in [-0.3, -0.25) is 0 Å². The molecule has 2 aromatic heterocycles. The molecule has 1 saturated carbocycles. The molecule has 1 aliphatic rings. The lowest BCUT2D eigenvalue weighted by Crippen LogP contribution is -2.35. The number of benzene rings is 1. The summed E-state index contributed by atoms with van der Waals surface area (Å²) in [6, 6.07) is 10.3. The minimum absolute atomic E-state index is 0.267. The van der Waals surface area contributed by atoms with Crippen LogP contribution in [0.15, 0.2) is 35.4 Å². The maximum absolute atomic E-state index is 13.2. The molecule has 2 heterocycles. The number of aliphatic hydroxyl groups excluding tert-OH is 1. The van der Waals surface area contributed by atoms with E-state index >= 15 is 0 Å². The van der Waals surface area contributed by atoms with Crippen molar-refractivity contribution in [2.45, 2.75) is 37.8 Å². The molecule has 0 saturated heterocycles. The van der Waals surface area contributed by atoms with Crippen LogP contribution in [0.2, 0.25) is 0 Å². The number of rotatable bonds is 9. The number of pyridine rings is 1. The SMILES string of the molecule is COc1c(C)ccc(-c2cccc3c(N(CC(O)CF)CC4CC4)c(SC)nn23)c1C. The topological polar surface area (TPSA) is 50.0 Å². The number of aromatic nitrogens is 2. The van der Waals surface area contributed by atoms with Gasteiger partial charge >= 0.3 is 0 Å². The van der Waals surface area contributed by atoms with Gasteiger partial charge in [0, 0.05) is 24.2 Å². The van der Waals surface area contributed by atoms with Crippen molar-refractivity contribution in [3.8, 4) is 17.0 Å². The van der Waals surface area contributed by atoms with Crippen molar-refractivity contribution < 1.29 is 14.2 Å². The van der Waals surface area contributed by atoms with E-state index in [1.54, 1.807) is 18.9 Å². The number of thioether (sulfide) groups is 1. The van der Waals surface area contributed by atoms with Crippen molar-refractivity contribution in [1.29, 1.82) is 0 Å². The summed E-state index contributed by atoms with van der Waals surface area (Å²) in [5, 5.41) is 15.9. The van der Waals surface area contributed by atoms with E-state index in [0.717, 1.165) is 50.9 Å².